The Kier molecular flexibility index (Phi) is 6.21. The Balaban J connectivity index is 2.02. The fourth-order valence-corrected chi connectivity index (χ4v) is 4.93. The minimum atomic E-state index is -3.03. The predicted molar refractivity (Wildman–Crippen MR) is 98.3 cm³/mol. The molecule has 1 fully saturated rings. The third kappa shape index (κ3) is 5.04. The summed E-state index contributed by atoms with van der Waals surface area (Å²) in [6.45, 7) is 6.06. The molecule has 6 nitrogen and oxygen atoms in total. The highest BCUT2D eigenvalue weighted by Gasteiger charge is 2.33. The van der Waals surface area contributed by atoms with Gasteiger partial charge in [-0.3, -0.25) is 9.59 Å². The summed E-state index contributed by atoms with van der Waals surface area (Å²) in [6, 6.07) is 7.33. The molecule has 0 bridgehead atoms. The summed E-state index contributed by atoms with van der Waals surface area (Å²) in [7, 11) is -3.03. The Morgan fingerprint density at radius 2 is 1.84 bits per heavy atom. The van der Waals surface area contributed by atoms with Gasteiger partial charge in [0.15, 0.2) is 9.84 Å². The van der Waals surface area contributed by atoms with Crippen molar-refractivity contribution in [2.75, 3.05) is 29.5 Å². The van der Waals surface area contributed by atoms with Crippen LogP contribution in [-0.2, 0) is 19.4 Å². The van der Waals surface area contributed by atoms with Crippen LogP contribution in [0.3, 0.4) is 0 Å². The molecule has 0 saturated carbocycles. The molecule has 2 rings (SSSR count). The second-order valence-electron chi connectivity index (χ2n) is 6.49. The number of carbonyl (C=O) groups excluding carboxylic acids is 2. The van der Waals surface area contributed by atoms with Gasteiger partial charge >= 0.3 is 0 Å². The van der Waals surface area contributed by atoms with Gasteiger partial charge < -0.3 is 9.80 Å². The van der Waals surface area contributed by atoms with E-state index in [1.165, 1.54) is 6.92 Å². The summed E-state index contributed by atoms with van der Waals surface area (Å²) in [5.41, 5.74) is 1.86. The monoisotopic (exact) mass is 366 g/mol. The third-order valence-corrected chi connectivity index (χ3v) is 6.34. The van der Waals surface area contributed by atoms with Crippen LogP contribution >= 0.6 is 0 Å². The first-order valence-electron chi connectivity index (χ1n) is 8.58. The van der Waals surface area contributed by atoms with Crippen LogP contribution in [0.2, 0.25) is 0 Å². The van der Waals surface area contributed by atoms with Gasteiger partial charge in [-0.05, 0) is 32.4 Å². The number of hydrogen-bond acceptors (Lipinski definition) is 4. The van der Waals surface area contributed by atoms with E-state index in [0.29, 0.717) is 13.0 Å². The molecule has 2 amide bonds. The van der Waals surface area contributed by atoms with E-state index in [-0.39, 0.29) is 42.3 Å². The normalized spacial score (nSPS) is 18.8. The van der Waals surface area contributed by atoms with Crippen LogP contribution in [0.5, 0.6) is 0 Å². The van der Waals surface area contributed by atoms with Gasteiger partial charge in [-0.25, -0.2) is 8.42 Å². The lowest BCUT2D eigenvalue weighted by Crippen LogP contribution is -2.42. The molecule has 7 heteroatoms. The van der Waals surface area contributed by atoms with Gasteiger partial charge in [0.25, 0.3) is 0 Å². The average molecular weight is 366 g/mol. The van der Waals surface area contributed by atoms with Gasteiger partial charge in [-0.15, -0.1) is 0 Å². The van der Waals surface area contributed by atoms with Crippen molar-refractivity contribution in [2.24, 2.45) is 0 Å². The molecule has 1 saturated heterocycles. The maximum atomic E-state index is 12.6. The van der Waals surface area contributed by atoms with E-state index in [4.69, 9.17) is 0 Å². The molecule has 0 radical (unpaired) electrons. The number of sulfone groups is 1. The van der Waals surface area contributed by atoms with Crippen LogP contribution < -0.4 is 4.90 Å². The number of anilines is 1. The number of amides is 2. The lowest BCUT2D eigenvalue weighted by atomic mass is 10.2. The molecule has 25 heavy (non-hydrogen) atoms. The Morgan fingerprint density at radius 3 is 2.32 bits per heavy atom. The first kappa shape index (κ1) is 19.4. The van der Waals surface area contributed by atoms with Crippen molar-refractivity contribution in [1.29, 1.82) is 0 Å². The summed E-state index contributed by atoms with van der Waals surface area (Å²) < 4.78 is 23.3. The van der Waals surface area contributed by atoms with Crippen molar-refractivity contribution in [3.63, 3.8) is 0 Å². The number of aryl methyl sites for hydroxylation is 1. The molecular formula is C18H26N2O4S. The zero-order valence-corrected chi connectivity index (χ0v) is 15.9. The van der Waals surface area contributed by atoms with Crippen LogP contribution in [0.25, 0.3) is 0 Å². The van der Waals surface area contributed by atoms with E-state index in [1.807, 2.05) is 38.1 Å². The Morgan fingerprint density at radius 1 is 1.20 bits per heavy atom. The zero-order chi connectivity index (χ0) is 18.6. The molecule has 0 aliphatic carbocycles. The van der Waals surface area contributed by atoms with E-state index >= 15 is 0 Å². The quantitative estimate of drug-likeness (QED) is 0.769. The highest BCUT2D eigenvalue weighted by molar-refractivity contribution is 7.91. The second kappa shape index (κ2) is 7.99. The first-order chi connectivity index (χ1) is 11.7. The number of carbonyl (C=O) groups is 2. The number of rotatable bonds is 6. The topological polar surface area (TPSA) is 74.8 Å². The van der Waals surface area contributed by atoms with Crippen molar-refractivity contribution in [3.05, 3.63) is 29.8 Å². The molecule has 1 aliphatic rings. The minimum Gasteiger partial charge on any atom is -0.339 e. The maximum absolute atomic E-state index is 12.6. The van der Waals surface area contributed by atoms with Crippen molar-refractivity contribution in [3.8, 4) is 0 Å². The molecule has 1 heterocycles. The van der Waals surface area contributed by atoms with Gasteiger partial charge in [-0.1, -0.05) is 17.7 Å². The van der Waals surface area contributed by atoms with Crippen LogP contribution in [0.4, 0.5) is 5.69 Å². The van der Waals surface area contributed by atoms with Gasteiger partial charge in [-0.2, -0.15) is 0 Å². The van der Waals surface area contributed by atoms with Crippen molar-refractivity contribution >= 4 is 27.3 Å². The Bertz CT molecular complexity index is 728. The van der Waals surface area contributed by atoms with Crippen molar-refractivity contribution < 1.29 is 18.0 Å². The fraction of sp³-hybridized carbons (Fsp3) is 0.556. The van der Waals surface area contributed by atoms with Crippen molar-refractivity contribution in [2.45, 2.75) is 39.7 Å². The molecule has 1 unspecified atom stereocenters. The summed E-state index contributed by atoms with van der Waals surface area (Å²) in [5.74, 6) is -0.0446. The van der Waals surface area contributed by atoms with E-state index in [9.17, 15) is 18.0 Å². The minimum absolute atomic E-state index is 0.0426. The number of benzene rings is 1. The van der Waals surface area contributed by atoms with Crippen LogP contribution in [0.1, 0.15) is 32.3 Å². The molecule has 1 atom stereocenters. The molecule has 1 aliphatic heterocycles. The van der Waals surface area contributed by atoms with Gasteiger partial charge in [0.2, 0.25) is 11.8 Å². The summed E-state index contributed by atoms with van der Waals surface area (Å²) >= 11 is 0. The van der Waals surface area contributed by atoms with Crippen LogP contribution in [0.15, 0.2) is 24.3 Å². The molecule has 138 valence electrons. The van der Waals surface area contributed by atoms with Gasteiger partial charge in [0.05, 0.1) is 11.5 Å². The van der Waals surface area contributed by atoms with E-state index < -0.39 is 9.84 Å². The highest BCUT2D eigenvalue weighted by Crippen LogP contribution is 2.20. The standard InChI is InChI=1S/C18H26N2O4S/c1-4-19(17-10-12-25(23,24)13-17)18(22)9-11-20(15(3)21)16-7-5-14(2)6-8-16/h5-8,17H,4,9-13H2,1-3H3. The van der Waals surface area contributed by atoms with E-state index in [0.717, 1.165) is 11.3 Å². The zero-order valence-electron chi connectivity index (χ0n) is 15.1. The van der Waals surface area contributed by atoms with Gasteiger partial charge in [0, 0.05) is 38.2 Å². The molecule has 0 spiro atoms. The third-order valence-electron chi connectivity index (χ3n) is 4.59. The first-order valence-corrected chi connectivity index (χ1v) is 10.4. The molecule has 1 aromatic carbocycles. The lowest BCUT2D eigenvalue weighted by Gasteiger charge is -2.28. The summed E-state index contributed by atoms with van der Waals surface area (Å²) in [6.07, 6.45) is 0.675. The smallest absolute Gasteiger partial charge is 0.224 e. The fourth-order valence-electron chi connectivity index (χ4n) is 3.20. The number of hydrogen-bond donors (Lipinski definition) is 0. The van der Waals surface area contributed by atoms with E-state index in [2.05, 4.69) is 0 Å². The van der Waals surface area contributed by atoms with Crippen molar-refractivity contribution in [1.82, 2.24) is 4.90 Å². The predicted octanol–water partition coefficient (Wildman–Crippen LogP) is 1.77. The van der Waals surface area contributed by atoms with E-state index in [1.54, 1.807) is 9.80 Å². The van der Waals surface area contributed by atoms with Gasteiger partial charge in [0.1, 0.15) is 0 Å². The molecule has 1 aromatic rings. The SMILES string of the molecule is CCN(C(=O)CCN(C(C)=O)c1ccc(C)cc1)C1CCS(=O)(=O)C1. The molecule has 0 N–H and O–H groups in total. The lowest BCUT2D eigenvalue weighted by molar-refractivity contribution is -0.132. The number of nitrogens with zero attached hydrogens (tertiary/aromatic N) is 2. The summed E-state index contributed by atoms with van der Waals surface area (Å²) in [4.78, 5) is 27.7. The summed E-state index contributed by atoms with van der Waals surface area (Å²) in [5, 5.41) is 0. The Hall–Kier alpha value is -1.89. The van der Waals surface area contributed by atoms with Crippen LogP contribution in [0, 0.1) is 6.92 Å². The molecule has 0 aromatic heterocycles. The average Bonchev–Trinajstić information content (AvgIpc) is 2.89. The maximum Gasteiger partial charge on any atom is 0.224 e. The second-order valence-corrected chi connectivity index (χ2v) is 8.72. The highest BCUT2D eigenvalue weighted by atomic mass is 32.2. The molecular weight excluding hydrogens is 340 g/mol. The largest absolute Gasteiger partial charge is 0.339 e. The van der Waals surface area contributed by atoms with Crippen LogP contribution in [-0.4, -0.2) is 55.8 Å². The Labute approximate surface area is 149 Å².